The van der Waals surface area contributed by atoms with Crippen molar-refractivity contribution in [3.8, 4) is 0 Å². The molecule has 0 radical (unpaired) electrons. The SMILES string of the molecule is CN1N=CC(c2ccccc2)=NN1. The standard InChI is InChI=1S/C9H10N4/c1-13-10-7-9(11-12-13)8-5-3-2-4-6-8/h2-7,12H,1H3. The zero-order chi connectivity index (χ0) is 9.10. The van der Waals surface area contributed by atoms with Crippen molar-refractivity contribution in [1.82, 2.24) is 10.7 Å². The van der Waals surface area contributed by atoms with Gasteiger partial charge in [-0.2, -0.15) is 15.3 Å². The number of hydrogen-bond acceptors (Lipinski definition) is 4. The predicted molar refractivity (Wildman–Crippen MR) is 52.4 cm³/mol. The quantitative estimate of drug-likeness (QED) is 0.685. The molecule has 2 rings (SSSR count). The second kappa shape index (κ2) is 3.26. The molecule has 13 heavy (non-hydrogen) atoms. The minimum atomic E-state index is 0.846. The highest BCUT2D eigenvalue weighted by molar-refractivity contribution is 6.38. The van der Waals surface area contributed by atoms with Gasteiger partial charge in [-0.15, -0.1) is 0 Å². The summed E-state index contributed by atoms with van der Waals surface area (Å²) < 4.78 is 0. The Bertz CT molecular complexity index is 342. The molecule has 0 saturated carbocycles. The van der Waals surface area contributed by atoms with Crippen LogP contribution in [0.2, 0.25) is 0 Å². The fraction of sp³-hybridized carbons (Fsp3) is 0.111. The van der Waals surface area contributed by atoms with Crippen LogP contribution in [-0.4, -0.2) is 24.1 Å². The third-order valence-electron chi connectivity index (χ3n) is 1.74. The second-order valence-electron chi connectivity index (χ2n) is 2.73. The molecular formula is C9H10N4. The van der Waals surface area contributed by atoms with Crippen molar-refractivity contribution in [1.29, 1.82) is 0 Å². The molecule has 1 aromatic rings. The summed E-state index contributed by atoms with van der Waals surface area (Å²) in [5.74, 6) is 0. The van der Waals surface area contributed by atoms with Crippen molar-refractivity contribution in [2.24, 2.45) is 10.2 Å². The summed E-state index contributed by atoms with van der Waals surface area (Å²) in [4.78, 5) is 0. The summed E-state index contributed by atoms with van der Waals surface area (Å²) in [6, 6.07) is 9.92. The normalized spacial score (nSPS) is 15.2. The van der Waals surface area contributed by atoms with E-state index in [0.29, 0.717) is 0 Å². The van der Waals surface area contributed by atoms with Crippen molar-refractivity contribution in [3.63, 3.8) is 0 Å². The molecule has 1 heterocycles. The highest BCUT2D eigenvalue weighted by Crippen LogP contribution is 2.01. The number of rotatable bonds is 1. The Hall–Kier alpha value is -1.84. The summed E-state index contributed by atoms with van der Waals surface area (Å²) in [7, 11) is 1.79. The lowest BCUT2D eigenvalue weighted by Crippen LogP contribution is -2.31. The predicted octanol–water partition coefficient (Wildman–Crippen LogP) is 0.827. The third kappa shape index (κ3) is 1.66. The van der Waals surface area contributed by atoms with Crippen molar-refractivity contribution in [2.45, 2.75) is 0 Å². The second-order valence-corrected chi connectivity index (χ2v) is 2.73. The van der Waals surface area contributed by atoms with E-state index in [0.717, 1.165) is 11.3 Å². The molecule has 0 unspecified atom stereocenters. The molecule has 1 aliphatic heterocycles. The van der Waals surface area contributed by atoms with Crippen LogP contribution < -0.4 is 5.53 Å². The summed E-state index contributed by atoms with van der Waals surface area (Å²) in [5.41, 5.74) is 4.66. The molecule has 0 bridgehead atoms. The lowest BCUT2D eigenvalue weighted by atomic mass is 10.1. The smallest absolute Gasteiger partial charge is 0.112 e. The maximum atomic E-state index is 4.12. The zero-order valence-corrected chi connectivity index (χ0v) is 7.31. The maximum absolute atomic E-state index is 4.12. The Labute approximate surface area is 76.5 Å². The Morgan fingerprint density at radius 3 is 2.62 bits per heavy atom. The molecule has 1 N–H and O–H groups in total. The van der Waals surface area contributed by atoms with Crippen LogP contribution in [0, 0.1) is 0 Å². The van der Waals surface area contributed by atoms with E-state index in [9.17, 15) is 0 Å². The Morgan fingerprint density at radius 2 is 2.00 bits per heavy atom. The summed E-state index contributed by atoms with van der Waals surface area (Å²) in [6.45, 7) is 0. The van der Waals surface area contributed by atoms with E-state index in [-0.39, 0.29) is 0 Å². The van der Waals surface area contributed by atoms with Gasteiger partial charge >= 0.3 is 0 Å². The van der Waals surface area contributed by atoms with Gasteiger partial charge in [0.2, 0.25) is 0 Å². The van der Waals surface area contributed by atoms with E-state index in [1.165, 1.54) is 0 Å². The molecule has 0 fully saturated rings. The number of benzene rings is 1. The highest BCUT2D eigenvalue weighted by atomic mass is 15.8. The van der Waals surface area contributed by atoms with Crippen LogP contribution in [0.15, 0.2) is 40.5 Å². The first-order valence-corrected chi connectivity index (χ1v) is 4.03. The molecule has 0 aliphatic carbocycles. The first kappa shape index (κ1) is 7.79. The van der Waals surface area contributed by atoms with Crippen LogP contribution in [-0.2, 0) is 0 Å². The fourth-order valence-electron chi connectivity index (χ4n) is 1.07. The van der Waals surface area contributed by atoms with E-state index in [4.69, 9.17) is 0 Å². The molecule has 0 aromatic heterocycles. The van der Waals surface area contributed by atoms with E-state index < -0.39 is 0 Å². The summed E-state index contributed by atoms with van der Waals surface area (Å²) in [5, 5.41) is 9.73. The van der Waals surface area contributed by atoms with Crippen LogP contribution >= 0.6 is 0 Å². The van der Waals surface area contributed by atoms with Gasteiger partial charge in [0, 0.05) is 12.6 Å². The van der Waals surface area contributed by atoms with Crippen molar-refractivity contribution in [3.05, 3.63) is 35.9 Å². The van der Waals surface area contributed by atoms with Crippen molar-refractivity contribution >= 4 is 11.9 Å². The number of hydrazine groups is 1. The minimum absolute atomic E-state index is 0.846. The third-order valence-corrected chi connectivity index (χ3v) is 1.74. The van der Waals surface area contributed by atoms with Gasteiger partial charge in [0.05, 0.1) is 6.21 Å². The molecule has 1 aliphatic rings. The fourth-order valence-corrected chi connectivity index (χ4v) is 1.07. The molecule has 0 spiro atoms. The molecule has 0 amide bonds. The molecule has 0 atom stereocenters. The Kier molecular flexibility index (Phi) is 1.96. The van der Waals surface area contributed by atoms with E-state index in [1.807, 2.05) is 30.3 Å². The highest BCUT2D eigenvalue weighted by Gasteiger charge is 2.04. The number of nitrogens with zero attached hydrogens (tertiary/aromatic N) is 3. The average Bonchev–Trinajstić information content (AvgIpc) is 2.20. The van der Waals surface area contributed by atoms with Crippen LogP contribution in [0.5, 0.6) is 0 Å². The number of hydrazone groups is 2. The molecule has 1 aromatic carbocycles. The van der Waals surface area contributed by atoms with Crippen LogP contribution in [0.3, 0.4) is 0 Å². The Balaban J connectivity index is 2.25. The van der Waals surface area contributed by atoms with Gasteiger partial charge in [0.25, 0.3) is 0 Å². The molecular weight excluding hydrogens is 164 g/mol. The monoisotopic (exact) mass is 174 g/mol. The van der Waals surface area contributed by atoms with E-state index >= 15 is 0 Å². The molecule has 66 valence electrons. The van der Waals surface area contributed by atoms with Crippen LogP contribution in [0.25, 0.3) is 0 Å². The molecule has 4 heteroatoms. The van der Waals surface area contributed by atoms with Crippen LogP contribution in [0.1, 0.15) is 5.56 Å². The maximum Gasteiger partial charge on any atom is 0.112 e. The zero-order valence-electron chi connectivity index (χ0n) is 7.31. The number of hydrogen-bond donors (Lipinski definition) is 1. The lowest BCUT2D eigenvalue weighted by Gasteiger charge is -2.16. The lowest BCUT2D eigenvalue weighted by molar-refractivity contribution is 0.252. The molecule has 4 nitrogen and oxygen atoms in total. The average molecular weight is 174 g/mol. The summed E-state index contributed by atoms with van der Waals surface area (Å²) >= 11 is 0. The van der Waals surface area contributed by atoms with Gasteiger partial charge in [0.1, 0.15) is 5.71 Å². The number of nitrogens with one attached hydrogen (secondary N) is 1. The topological polar surface area (TPSA) is 40.0 Å². The first-order valence-electron chi connectivity index (χ1n) is 4.03. The van der Waals surface area contributed by atoms with Crippen molar-refractivity contribution in [2.75, 3.05) is 7.05 Å². The van der Waals surface area contributed by atoms with Gasteiger partial charge < -0.3 is 0 Å². The van der Waals surface area contributed by atoms with Crippen molar-refractivity contribution < 1.29 is 0 Å². The van der Waals surface area contributed by atoms with Gasteiger partial charge in [-0.1, -0.05) is 30.3 Å². The van der Waals surface area contributed by atoms with Gasteiger partial charge in [-0.3, -0.25) is 0 Å². The van der Waals surface area contributed by atoms with E-state index in [1.54, 1.807) is 18.4 Å². The molecule has 0 saturated heterocycles. The summed E-state index contributed by atoms with van der Waals surface area (Å²) in [6.07, 6.45) is 1.73. The largest absolute Gasteiger partial charge is 0.202 e. The van der Waals surface area contributed by atoms with Crippen LogP contribution in [0.4, 0.5) is 0 Å². The Morgan fingerprint density at radius 1 is 1.23 bits per heavy atom. The van der Waals surface area contributed by atoms with Gasteiger partial charge in [-0.25, -0.2) is 5.53 Å². The minimum Gasteiger partial charge on any atom is -0.202 e. The van der Waals surface area contributed by atoms with Gasteiger partial charge in [-0.05, 0) is 0 Å². The van der Waals surface area contributed by atoms with Gasteiger partial charge in [0.15, 0.2) is 0 Å². The first-order chi connectivity index (χ1) is 6.36. The van der Waals surface area contributed by atoms with E-state index in [2.05, 4.69) is 15.7 Å².